The molecule has 3 rings (SSSR count). The Bertz CT molecular complexity index is 903. The maximum atomic E-state index is 12.4. The normalized spacial score (nSPS) is 13.9. The number of nitrogens with one attached hydrogen (secondary N) is 2. The van der Waals surface area contributed by atoms with Gasteiger partial charge < -0.3 is 10.1 Å². The summed E-state index contributed by atoms with van der Waals surface area (Å²) in [5, 5.41) is 4.92. The van der Waals surface area contributed by atoms with Crippen molar-refractivity contribution in [3.05, 3.63) is 71.3 Å². The van der Waals surface area contributed by atoms with E-state index < -0.39 is 24.5 Å². The number of ether oxygens (including phenoxy) is 1. The molecule has 0 heterocycles. The largest absolute Gasteiger partial charge is 0.452 e. The SMILES string of the molecule is O=C(COC(=O)c1ccc(C(=O)c2ccccc2)cc1)NC(=O)NC1CCCCC1. The fraction of sp³-hybridized carbons (Fsp3) is 0.304. The minimum atomic E-state index is -0.712. The molecule has 0 saturated heterocycles. The quantitative estimate of drug-likeness (QED) is 0.564. The number of esters is 1. The molecule has 7 heteroatoms. The first-order valence-corrected chi connectivity index (χ1v) is 10.0. The minimum absolute atomic E-state index is 0.0752. The molecule has 1 aliphatic rings. The maximum Gasteiger partial charge on any atom is 0.338 e. The van der Waals surface area contributed by atoms with Gasteiger partial charge in [0.15, 0.2) is 12.4 Å². The molecule has 3 amide bonds. The van der Waals surface area contributed by atoms with Crippen LogP contribution in [0.4, 0.5) is 4.79 Å². The second kappa shape index (κ2) is 10.3. The number of imide groups is 1. The van der Waals surface area contributed by atoms with Crippen molar-refractivity contribution in [2.45, 2.75) is 38.1 Å². The van der Waals surface area contributed by atoms with E-state index in [4.69, 9.17) is 4.74 Å². The molecule has 0 atom stereocenters. The van der Waals surface area contributed by atoms with E-state index >= 15 is 0 Å². The molecule has 0 radical (unpaired) electrons. The molecule has 1 saturated carbocycles. The molecule has 0 unspecified atom stereocenters. The predicted octanol–water partition coefficient (Wildman–Crippen LogP) is 3.23. The Morgan fingerprint density at radius 3 is 2.07 bits per heavy atom. The highest BCUT2D eigenvalue weighted by atomic mass is 16.5. The summed E-state index contributed by atoms with van der Waals surface area (Å²) in [4.78, 5) is 48.2. The van der Waals surface area contributed by atoms with E-state index in [1.807, 2.05) is 6.07 Å². The molecule has 1 aliphatic carbocycles. The Kier molecular flexibility index (Phi) is 7.32. The van der Waals surface area contributed by atoms with Crippen LogP contribution < -0.4 is 10.6 Å². The molecule has 7 nitrogen and oxygen atoms in total. The molecule has 0 spiro atoms. The first-order chi connectivity index (χ1) is 14.5. The Morgan fingerprint density at radius 1 is 0.800 bits per heavy atom. The van der Waals surface area contributed by atoms with Crippen LogP contribution in [0.5, 0.6) is 0 Å². The Hall–Kier alpha value is -3.48. The van der Waals surface area contributed by atoms with Crippen molar-refractivity contribution in [1.29, 1.82) is 0 Å². The van der Waals surface area contributed by atoms with Gasteiger partial charge in [-0.15, -0.1) is 0 Å². The van der Waals surface area contributed by atoms with Crippen LogP contribution in [-0.2, 0) is 9.53 Å². The number of ketones is 1. The predicted molar refractivity (Wildman–Crippen MR) is 110 cm³/mol. The second-order valence-corrected chi connectivity index (χ2v) is 7.21. The average molecular weight is 408 g/mol. The maximum absolute atomic E-state index is 12.4. The Morgan fingerprint density at radius 2 is 1.40 bits per heavy atom. The van der Waals surface area contributed by atoms with Crippen molar-refractivity contribution in [2.24, 2.45) is 0 Å². The molecule has 2 N–H and O–H groups in total. The van der Waals surface area contributed by atoms with Gasteiger partial charge in [-0.1, -0.05) is 61.7 Å². The Labute approximate surface area is 174 Å². The van der Waals surface area contributed by atoms with Crippen LogP contribution >= 0.6 is 0 Å². The van der Waals surface area contributed by atoms with Gasteiger partial charge in [0.05, 0.1) is 5.56 Å². The molecule has 1 fully saturated rings. The molecule has 2 aromatic carbocycles. The van der Waals surface area contributed by atoms with Gasteiger partial charge in [0.2, 0.25) is 0 Å². The molecule has 156 valence electrons. The van der Waals surface area contributed by atoms with Crippen molar-refractivity contribution in [3.8, 4) is 0 Å². The number of hydrogen-bond acceptors (Lipinski definition) is 5. The van der Waals surface area contributed by atoms with Crippen LogP contribution in [-0.4, -0.2) is 36.3 Å². The molecular formula is C23H24N2O5. The average Bonchev–Trinajstić information content (AvgIpc) is 2.78. The standard InChI is InChI=1S/C23H24N2O5/c26-20(25-23(29)24-19-9-5-2-6-10-19)15-30-22(28)18-13-11-17(12-14-18)21(27)16-7-3-1-4-8-16/h1,3-4,7-8,11-14,19H,2,5-6,9-10,15H2,(H2,24,25,26,29). The van der Waals surface area contributed by atoms with E-state index in [9.17, 15) is 19.2 Å². The molecule has 0 aromatic heterocycles. The van der Waals surface area contributed by atoms with E-state index in [2.05, 4.69) is 10.6 Å². The molecule has 30 heavy (non-hydrogen) atoms. The monoisotopic (exact) mass is 408 g/mol. The van der Waals surface area contributed by atoms with Gasteiger partial charge in [-0.2, -0.15) is 0 Å². The lowest BCUT2D eigenvalue weighted by molar-refractivity contribution is -0.123. The van der Waals surface area contributed by atoms with Crippen LogP contribution in [0.15, 0.2) is 54.6 Å². The lowest BCUT2D eigenvalue weighted by Gasteiger charge is -2.22. The summed E-state index contributed by atoms with van der Waals surface area (Å²) in [6, 6.07) is 14.3. The summed E-state index contributed by atoms with van der Waals surface area (Å²) in [6.07, 6.45) is 5.09. The number of rotatable bonds is 6. The van der Waals surface area contributed by atoms with Gasteiger partial charge in [-0.25, -0.2) is 9.59 Å². The Balaban J connectivity index is 1.45. The zero-order chi connectivity index (χ0) is 21.3. The smallest absolute Gasteiger partial charge is 0.338 e. The number of carbonyl (C=O) groups excluding carboxylic acids is 4. The highest BCUT2D eigenvalue weighted by Crippen LogP contribution is 2.17. The van der Waals surface area contributed by atoms with Crippen LogP contribution in [0, 0.1) is 0 Å². The van der Waals surface area contributed by atoms with Crippen LogP contribution in [0.3, 0.4) is 0 Å². The first-order valence-electron chi connectivity index (χ1n) is 10.0. The van der Waals surface area contributed by atoms with Gasteiger partial charge in [-0.3, -0.25) is 14.9 Å². The number of hydrogen-bond donors (Lipinski definition) is 2. The van der Waals surface area contributed by atoms with Crippen molar-refractivity contribution < 1.29 is 23.9 Å². The van der Waals surface area contributed by atoms with E-state index in [1.54, 1.807) is 24.3 Å². The van der Waals surface area contributed by atoms with Crippen LogP contribution in [0.25, 0.3) is 0 Å². The summed E-state index contributed by atoms with van der Waals surface area (Å²) in [6.45, 7) is -0.568. The third kappa shape index (κ3) is 6.01. The van der Waals surface area contributed by atoms with Crippen molar-refractivity contribution in [1.82, 2.24) is 10.6 Å². The zero-order valence-corrected chi connectivity index (χ0v) is 16.6. The van der Waals surface area contributed by atoms with E-state index in [0.717, 1.165) is 32.1 Å². The lowest BCUT2D eigenvalue weighted by Crippen LogP contribution is -2.46. The third-order valence-electron chi connectivity index (χ3n) is 4.95. The molecule has 0 bridgehead atoms. The number of carbonyl (C=O) groups is 4. The lowest BCUT2D eigenvalue weighted by atomic mass is 9.96. The van der Waals surface area contributed by atoms with Gasteiger partial charge in [-0.05, 0) is 25.0 Å². The summed E-state index contributed by atoms with van der Waals surface area (Å²) >= 11 is 0. The topological polar surface area (TPSA) is 102 Å². The number of amides is 3. The minimum Gasteiger partial charge on any atom is -0.452 e. The summed E-state index contributed by atoms with van der Waals surface area (Å²) in [5.74, 6) is -1.57. The summed E-state index contributed by atoms with van der Waals surface area (Å²) < 4.78 is 4.95. The van der Waals surface area contributed by atoms with E-state index in [1.165, 1.54) is 24.3 Å². The molecule has 2 aromatic rings. The van der Waals surface area contributed by atoms with Crippen molar-refractivity contribution in [3.63, 3.8) is 0 Å². The van der Waals surface area contributed by atoms with Gasteiger partial charge in [0.1, 0.15) is 0 Å². The second-order valence-electron chi connectivity index (χ2n) is 7.21. The summed E-state index contributed by atoms with van der Waals surface area (Å²) in [7, 11) is 0. The highest BCUT2D eigenvalue weighted by molar-refractivity contribution is 6.09. The number of benzene rings is 2. The van der Waals surface area contributed by atoms with Crippen molar-refractivity contribution in [2.75, 3.05) is 6.61 Å². The van der Waals surface area contributed by atoms with Crippen molar-refractivity contribution >= 4 is 23.7 Å². The zero-order valence-electron chi connectivity index (χ0n) is 16.6. The number of urea groups is 1. The molecule has 0 aliphatic heterocycles. The highest BCUT2D eigenvalue weighted by Gasteiger charge is 2.18. The van der Waals surface area contributed by atoms with Gasteiger partial charge in [0.25, 0.3) is 5.91 Å². The third-order valence-corrected chi connectivity index (χ3v) is 4.95. The van der Waals surface area contributed by atoms with E-state index in [-0.39, 0.29) is 17.4 Å². The van der Waals surface area contributed by atoms with Gasteiger partial charge >= 0.3 is 12.0 Å². The fourth-order valence-electron chi connectivity index (χ4n) is 3.36. The van der Waals surface area contributed by atoms with Crippen LogP contribution in [0.1, 0.15) is 58.4 Å². The van der Waals surface area contributed by atoms with Gasteiger partial charge in [0, 0.05) is 17.2 Å². The summed E-state index contributed by atoms with van der Waals surface area (Å²) in [5.41, 5.74) is 1.20. The van der Waals surface area contributed by atoms with Crippen LogP contribution in [0.2, 0.25) is 0 Å². The first kappa shape index (κ1) is 21.2. The molecular weight excluding hydrogens is 384 g/mol. The fourth-order valence-corrected chi connectivity index (χ4v) is 3.36. The van der Waals surface area contributed by atoms with E-state index in [0.29, 0.717) is 11.1 Å².